The van der Waals surface area contributed by atoms with Crippen molar-refractivity contribution in [1.29, 1.82) is 0 Å². The summed E-state index contributed by atoms with van der Waals surface area (Å²) < 4.78 is 0. The molecule has 8 heteroatoms. The van der Waals surface area contributed by atoms with E-state index in [1.54, 1.807) is 30.0 Å². The summed E-state index contributed by atoms with van der Waals surface area (Å²) in [6, 6.07) is 22.7. The van der Waals surface area contributed by atoms with Gasteiger partial charge in [-0.3, -0.25) is 19.7 Å². The van der Waals surface area contributed by atoms with Gasteiger partial charge in [-0.2, -0.15) is 0 Å². The molecule has 0 aromatic heterocycles. The highest BCUT2D eigenvalue weighted by Crippen LogP contribution is 2.39. The SMILES string of the molecule is O=C(Nc1cccc([N+](=O)[O-])c1)c1ccc([C@@H]2SCC(=O)N2Cc2ccccc2)cc1. The highest BCUT2D eigenvalue weighted by Gasteiger charge is 2.32. The van der Waals surface area contributed by atoms with E-state index in [0.717, 1.165) is 11.1 Å². The van der Waals surface area contributed by atoms with Crippen LogP contribution >= 0.6 is 11.8 Å². The van der Waals surface area contributed by atoms with Gasteiger partial charge in [-0.05, 0) is 29.3 Å². The summed E-state index contributed by atoms with van der Waals surface area (Å²) in [5.41, 5.74) is 2.71. The van der Waals surface area contributed by atoms with Gasteiger partial charge in [0.1, 0.15) is 5.37 Å². The van der Waals surface area contributed by atoms with E-state index in [9.17, 15) is 19.7 Å². The Hall–Kier alpha value is -3.65. The predicted octanol–water partition coefficient (Wildman–Crippen LogP) is 4.62. The molecule has 1 atom stereocenters. The molecule has 0 aliphatic carbocycles. The van der Waals surface area contributed by atoms with Crippen LogP contribution in [0.4, 0.5) is 11.4 Å². The average molecular weight is 433 g/mol. The highest BCUT2D eigenvalue weighted by molar-refractivity contribution is 8.00. The quantitative estimate of drug-likeness (QED) is 0.452. The number of nitro groups is 1. The van der Waals surface area contributed by atoms with E-state index in [1.807, 2.05) is 47.4 Å². The number of amides is 2. The van der Waals surface area contributed by atoms with E-state index in [0.29, 0.717) is 23.5 Å². The Balaban J connectivity index is 1.47. The van der Waals surface area contributed by atoms with Crippen molar-refractivity contribution < 1.29 is 14.5 Å². The van der Waals surface area contributed by atoms with E-state index in [2.05, 4.69) is 5.32 Å². The van der Waals surface area contributed by atoms with Crippen molar-refractivity contribution in [3.63, 3.8) is 0 Å². The van der Waals surface area contributed by atoms with Crippen molar-refractivity contribution >= 4 is 35.0 Å². The van der Waals surface area contributed by atoms with Crippen molar-refractivity contribution in [3.8, 4) is 0 Å². The van der Waals surface area contributed by atoms with E-state index < -0.39 is 4.92 Å². The number of benzene rings is 3. The lowest BCUT2D eigenvalue weighted by Gasteiger charge is -2.24. The van der Waals surface area contributed by atoms with Gasteiger partial charge in [-0.1, -0.05) is 48.5 Å². The van der Waals surface area contributed by atoms with Crippen LogP contribution in [0.2, 0.25) is 0 Å². The number of rotatable bonds is 6. The molecule has 3 aromatic carbocycles. The molecule has 1 heterocycles. The molecule has 1 aliphatic heterocycles. The number of nitro benzene ring substituents is 1. The Bertz CT molecular complexity index is 1120. The molecule has 0 bridgehead atoms. The predicted molar refractivity (Wildman–Crippen MR) is 120 cm³/mol. The van der Waals surface area contributed by atoms with Gasteiger partial charge in [0.05, 0.1) is 10.7 Å². The van der Waals surface area contributed by atoms with Gasteiger partial charge in [-0.25, -0.2) is 0 Å². The van der Waals surface area contributed by atoms with E-state index in [-0.39, 0.29) is 22.9 Å². The van der Waals surface area contributed by atoms with Crippen molar-refractivity contribution in [2.45, 2.75) is 11.9 Å². The third-order valence-corrected chi connectivity index (χ3v) is 6.19. The molecule has 31 heavy (non-hydrogen) atoms. The summed E-state index contributed by atoms with van der Waals surface area (Å²) in [5.74, 6) is 0.154. The number of hydrogen-bond acceptors (Lipinski definition) is 5. The maximum absolute atomic E-state index is 12.5. The molecule has 156 valence electrons. The lowest BCUT2D eigenvalue weighted by atomic mass is 10.1. The first-order chi connectivity index (χ1) is 15.0. The fourth-order valence-corrected chi connectivity index (χ4v) is 4.57. The Labute approximate surface area is 183 Å². The van der Waals surface area contributed by atoms with Crippen LogP contribution in [-0.4, -0.2) is 27.4 Å². The zero-order chi connectivity index (χ0) is 21.8. The highest BCUT2D eigenvalue weighted by atomic mass is 32.2. The Morgan fingerprint density at radius 3 is 2.52 bits per heavy atom. The molecule has 1 N–H and O–H groups in total. The number of carbonyl (C=O) groups excluding carboxylic acids is 2. The first kappa shape index (κ1) is 20.6. The Morgan fingerprint density at radius 1 is 1.06 bits per heavy atom. The minimum Gasteiger partial charge on any atom is -0.322 e. The second kappa shape index (κ2) is 9.01. The maximum atomic E-state index is 12.5. The van der Waals surface area contributed by atoms with Gasteiger partial charge in [0.25, 0.3) is 11.6 Å². The molecule has 1 aliphatic rings. The molecule has 0 spiro atoms. The Kier molecular flexibility index (Phi) is 5.99. The number of hydrogen-bond donors (Lipinski definition) is 1. The monoisotopic (exact) mass is 433 g/mol. The molecule has 0 unspecified atom stereocenters. The largest absolute Gasteiger partial charge is 0.322 e. The fourth-order valence-electron chi connectivity index (χ4n) is 3.38. The van der Waals surface area contributed by atoms with Crippen LogP contribution in [0.1, 0.15) is 26.9 Å². The van der Waals surface area contributed by atoms with Crippen LogP contribution in [0.5, 0.6) is 0 Å². The summed E-state index contributed by atoms with van der Waals surface area (Å²) in [5, 5.41) is 13.5. The smallest absolute Gasteiger partial charge is 0.271 e. The van der Waals surface area contributed by atoms with Crippen molar-refractivity contribution in [1.82, 2.24) is 4.90 Å². The number of carbonyl (C=O) groups is 2. The maximum Gasteiger partial charge on any atom is 0.271 e. The molecule has 4 rings (SSSR count). The summed E-state index contributed by atoms with van der Waals surface area (Å²) in [7, 11) is 0. The number of thioether (sulfide) groups is 1. The lowest BCUT2D eigenvalue weighted by Crippen LogP contribution is -2.27. The Morgan fingerprint density at radius 2 is 1.81 bits per heavy atom. The molecular weight excluding hydrogens is 414 g/mol. The summed E-state index contributed by atoms with van der Waals surface area (Å²) in [6.45, 7) is 0.534. The van der Waals surface area contributed by atoms with Crippen molar-refractivity contribution in [3.05, 3.63) is 106 Å². The van der Waals surface area contributed by atoms with Crippen LogP contribution in [-0.2, 0) is 11.3 Å². The number of non-ortho nitro benzene ring substituents is 1. The molecule has 1 saturated heterocycles. The van der Waals surface area contributed by atoms with Crippen molar-refractivity contribution in [2.75, 3.05) is 11.1 Å². The lowest BCUT2D eigenvalue weighted by molar-refractivity contribution is -0.384. The zero-order valence-electron chi connectivity index (χ0n) is 16.4. The molecule has 0 saturated carbocycles. The third kappa shape index (κ3) is 4.75. The minimum atomic E-state index is -0.508. The number of anilines is 1. The first-order valence-electron chi connectivity index (χ1n) is 9.62. The molecule has 3 aromatic rings. The summed E-state index contributed by atoms with van der Waals surface area (Å²) in [6.07, 6.45) is 0. The van der Waals surface area contributed by atoms with Crippen LogP contribution in [0.3, 0.4) is 0 Å². The fraction of sp³-hybridized carbons (Fsp3) is 0.130. The summed E-state index contributed by atoms with van der Waals surface area (Å²) >= 11 is 1.56. The number of nitrogens with zero attached hydrogens (tertiary/aromatic N) is 2. The third-order valence-electron chi connectivity index (χ3n) is 4.94. The van der Waals surface area contributed by atoms with Gasteiger partial charge >= 0.3 is 0 Å². The molecule has 2 amide bonds. The summed E-state index contributed by atoms with van der Waals surface area (Å²) in [4.78, 5) is 37.2. The minimum absolute atomic E-state index is 0.0884. The van der Waals surface area contributed by atoms with Crippen LogP contribution in [0, 0.1) is 10.1 Å². The standard InChI is InChI=1S/C23H19N3O4S/c27-21-15-31-23(25(21)14-16-5-2-1-3-6-16)18-11-9-17(10-12-18)22(28)24-19-7-4-8-20(13-19)26(29)30/h1-13,23H,14-15H2,(H,24,28)/t23-/m0/s1. The van der Waals surface area contributed by atoms with Gasteiger partial charge in [0, 0.05) is 29.9 Å². The van der Waals surface area contributed by atoms with Crippen LogP contribution < -0.4 is 5.32 Å². The van der Waals surface area contributed by atoms with Gasteiger partial charge < -0.3 is 10.2 Å². The number of nitrogens with one attached hydrogen (secondary N) is 1. The zero-order valence-corrected chi connectivity index (χ0v) is 17.2. The molecule has 1 fully saturated rings. The van der Waals surface area contributed by atoms with Gasteiger partial charge in [0.15, 0.2) is 0 Å². The van der Waals surface area contributed by atoms with Crippen LogP contribution in [0.15, 0.2) is 78.9 Å². The second-order valence-corrected chi connectivity index (χ2v) is 8.12. The molecule has 7 nitrogen and oxygen atoms in total. The molecular formula is C23H19N3O4S. The van der Waals surface area contributed by atoms with Gasteiger partial charge in [0.2, 0.25) is 5.91 Å². The van der Waals surface area contributed by atoms with Crippen LogP contribution in [0.25, 0.3) is 0 Å². The van der Waals surface area contributed by atoms with E-state index >= 15 is 0 Å². The van der Waals surface area contributed by atoms with Gasteiger partial charge in [-0.15, -0.1) is 11.8 Å². The van der Waals surface area contributed by atoms with E-state index in [1.165, 1.54) is 18.2 Å². The first-order valence-corrected chi connectivity index (χ1v) is 10.7. The van der Waals surface area contributed by atoms with E-state index in [4.69, 9.17) is 0 Å². The normalized spacial score (nSPS) is 15.7. The topological polar surface area (TPSA) is 92.5 Å². The molecule has 0 radical (unpaired) electrons. The second-order valence-electron chi connectivity index (χ2n) is 7.05. The van der Waals surface area contributed by atoms with Crippen molar-refractivity contribution in [2.24, 2.45) is 0 Å². The average Bonchev–Trinajstić information content (AvgIpc) is 3.15.